The second kappa shape index (κ2) is 5.20. The van der Waals surface area contributed by atoms with Crippen LogP contribution in [0, 0.1) is 0 Å². The molecule has 0 spiro atoms. The van der Waals surface area contributed by atoms with Crippen molar-refractivity contribution < 1.29 is 0 Å². The van der Waals surface area contributed by atoms with Crippen LogP contribution in [0.3, 0.4) is 0 Å². The number of rotatable bonds is 1. The van der Waals surface area contributed by atoms with Crippen molar-refractivity contribution >= 4 is 45.0 Å². The molecule has 0 bridgehead atoms. The van der Waals surface area contributed by atoms with Crippen LogP contribution >= 0.6 is 23.2 Å². The number of hydrogen-bond donors (Lipinski definition) is 0. The number of nitrogens with zero attached hydrogens (tertiary/aromatic N) is 3. The van der Waals surface area contributed by atoms with Crippen molar-refractivity contribution in [1.29, 1.82) is 0 Å². The molecular weight excluding hydrogens is 317 g/mol. The van der Waals surface area contributed by atoms with E-state index in [1.807, 2.05) is 54.6 Å². The molecule has 22 heavy (non-hydrogen) atoms. The highest BCUT2D eigenvalue weighted by Crippen LogP contribution is 2.29. The summed E-state index contributed by atoms with van der Waals surface area (Å²) in [7, 11) is 0. The Morgan fingerprint density at radius 1 is 0.773 bits per heavy atom. The zero-order valence-electron chi connectivity index (χ0n) is 11.3. The van der Waals surface area contributed by atoms with E-state index in [1.165, 1.54) is 0 Å². The number of halogens is 2. The van der Waals surface area contributed by atoms with E-state index < -0.39 is 0 Å². The van der Waals surface area contributed by atoms with E-state index >= 15 is 0 Å². The average Bonchev–Trinajstić information content (AvgIpc) is 2.55. The number of benzene rings is 2. The van der Waals surface area contributed by atoms with Crippen molar-refractivity contribution in [3.8, 4) is 11.3 Å². The van der Waals surface area contributed by atoms with Crippen LogP contribution in [0.5, 0.6) is 0 Å². The fourth-order valence-electron chi connectivity index (χ4n) is 2.46. The maximum Gasteiger partial charge on any atom is 0.137 e. The molecule has 0 aliphatic rings. The van der Waals surface area contributed by atoms with Gasteiger partial charge in [-0.1, -0.05) is 59.6 Å². The van der Waals surface area contributed by atoms with Gasteiger partial charge in [-0.15, -0.1) is 10.2 Å². The molecule has 0 unspecified atom stereocenters. The molecule has 4 rings (SSSR count). The number of fused-ring (bicyclic) bond motifs is 3. The van der Waals surface area contributed by atoms with E-state index in [4.69, 9.17) is 23.2 Å². The predicted octanol–water partition coefficient (Wildman–Crippen LogP) is 5.15. The van der Waals surface area contributed by atoms with Gasteiger partial charge in [0.1, 0.15) is 10.7 Å². The fraction of sp³-hybridized carbons (Fsp3) is 0. The van der Waals surface area contributed by atoms with E-state index in [2.05, 4.69) is 15.2 Å². The Kier molecular flexibility index (Phi) is 3.17. The molecule has 106 valence electrons. The number of aromatic nitrogens is 3. The third kappa shape index (κ3) is 2.19. The van der Waals surface area contributed by atoms with Gasteiger partial charge in [0.2, 0.25) is 0 Å². The highest BCUT2D eigenvalue weighted by Gasteiger charge is 2.10. The second-order valence-corrected chi connectivity index (χ2v) is 5.71. The zero-order valence-corrected chi connectivity index (χ0v) is 12.8. The summed E-state index contributed by atoms with van der Waals surface area (Å²) in [5.74, 6) is 0. The second-order valence-electron chi connectivity index (χ2n) is 4.92. The lowest BCUT2D eigenvalue weighted by molar-refractivity contribution is 1.08. The molecule has 0 saturated heterocycles. The van der Waals surface area contributed by atoms with E-state index in [9.17, 15) is 0 Å². The first-order valence-corrected chi connectivity index (χ1v) is 7.45. The average molecular weight is 326 g/mol. The first-order valence-electron chi connectivity index (χ1n) is 6.70. The highest BCUT2D eigenvalue weighted by atomic mass is 35.5. The van der Waals surface area contributed by atoms with Crippen LogP contribution in [0.4, 0.5) is 0 Å². The van der Waals surface area contributed by atoms with E-state index in [0.717, 1.165) is 33.1 Å². The topological polar surface area (TPSA) is 38.7 Å². The molecule has 2 aromatic carbocycles. The predicted molar refractivity (Wildman–Crippen MR) is 90.3 cm³/mol. The van der Waals surface area contributed by atoms with Crippen LogP contribution in [0.1, 0.15) is 0 Å². The summed E-state index contributed by atoms with van der Waals surface area (Å²) in [6.07, 6.45) is 0. The van der Waals surface area contributed by atoms with Gasteiger partial charge < -0.3 is 0 Å². The van der Waals surface area contributed by atoms with Crippen molar-refractivity contribution in [2.24, 2.45) is 0 Å². The molecule has 0 aliphatic carbocycles. The van der Waals surface area contributed by atoms with Crippen molar-refractivity contribution in [3.63, 3.8) is 0 Å². The molecule has 0 amide bonds. The third-order valence-electron chi connectivity index (χ3n) is 3.54. The van der Waals surface area contributed by atoms with Crippen LogP contribution in [-0.2, 0) is 0 Å². The SMILES string of the molecule is Clc1ccc(-c2cc3nc(Cl)c4ccccc4c3nn2)cc1. The quantitative estimate of drug-likeness (QED) is 0.358. The summed E-state index contributed by atoms with van der Waals surface area (Å²) in [5.41, 5.74) is 3.15. The normalized spacial score (nSPS) is 11.2. The standard InChI is InChI=1S/C17H9Cl2N3/c18-11-7-5-10(6-8-11)14-9-15-16(22-21-14)12-3-1-2-4-13(12)17(19)20-15/h1-9H. The summed E-state index contributed by atoms with van der Waals surface area (Å²) >= 11 is 12.2. The molecule has 3 nitrogen and oxygen atoms in total. The summed E-state index contributed by atoms with van der Waals surface area (Å²) in [5, 5.41) is 11.6. The van der Waals surface area contributed by atoms with Crippen LogP contribution in [0.25, 0.3) is 33.1 Å². The van der Waals surface area contributed by atoms with Crippen LogP contribution in [0.15, 0.2) is 54.6 Å². The minimum atomic E-state index is 0.471. The van der Waals surface area contributed by atoms with Gasteiger partial charge >= 0.3 is 0 Å². The van der Waals surface area contributed by atoms with E-state index in [0.29, 0.717) is 10.2 Å². The molecule has 0 fully saturated rings. The van der Waals surface area contributed by atoms with Gasteiger partial charge in [-0.2, -0.15) is 0 Å². The Morgan fingerprint density at radius 3 is 2.27 bits per heavy atom. The fourth-order valence-corrected chi connectivity index (χ4v) is 2.84. The molecule has 4 aromatic rings. The minimum absolute atomic E-state index is 0.471. The van der Waals surface area contributed by atoms with Gasteiger partial charge in [-0.3, -0.25) is 0 Å². The van der Waals surface area contributed by atoms with Crippen LogP contribution in [0.2, 0.25) is 10.2 Å². The number of hydrogen-bond acceptors (Lipinski definition) is 3. The summed E-state index contributed by atoms with van der Waals surface area (Å²) < 4.78 is 0. The van der Waals surface area contributed by atoms with Crippen molar-refractivity contribution in [1.82, 2.24) is 15.2 Å². The van der Waals surface area contributed by atoms with Gasteiger partial charge in [0, 0.05) is 21.4 Å². The van der Waals surface area contributed by atoms with Gasteiger partial charge in [-0.05, 0) is 18.2 Å². The van der Waals surface area contributed by atoms with Gasteiger partial charge in [0.15, 0.2) is 0 Å². The maximum absolute atomic E-state index is 6.28. The van der Waals surface area contributed by atoms with Gasteiger partial charge in [0.25, 0.3) is 0 Å². The molecule has 2 heterocycles. The lowest BCUT2D eigenvalue weighted by Crippen LogP contribution is -1.93. The van der Waals surface area contributed by atoms with E-state index in [1.54, 1.807) is 0 Å². The summed E-state index contributed by atoms with van der Waals surface area (Å²) in [4.78, 5) is 4.44. The Morgan fingerprint density at radius 2 is 1.50 bits per heavy atom. The van der Waals surface area contributed by atoms with Crippen LogP contribution in [-0.4, -0.2) is 15.2 Å². The molecule has 0 aliphatic heterocycles. The smallest absolute Gasteiger partial charge is 0.137 e. The molecule has 2 aromatic heterocycles. The Balaban J connectivity index is 1.98. The third-order valence-corrected chi connectivity index (χ3v) is 4.08. The lowest BCUT2D eigenvalue weighted by atomic mass is 10.1. The molecule has 0 N–H and O–H groups in total. The van der Waals surface area contributed by atoms with Gasteiger partial charge in [0.05, 0.1) is 11.2 Å². The number of pyridine rings is 1. The molecule has 0 radical (unpaired) electrons. The zero-order chi connectivity index (χ0) is 15.1. The Bertz CT molecular complexity index is 998. The van der Waals surface area contributed by atoms with Crippen molar-refractivity contribution in [3.05, 3.63) is 64.8 Å². The maximum atomic E-state index is 6.28. The highest BCUT2D eigenvalue weighted by molar-refractivity contribution is 6.35. The molecule has 0 saturated carbocycles. The summed E-state index contributed by atoms with van der Waals surface area (Å²) in [6.45, 7) is 0. The Hall–Kier alpha value is -2.23. The monoisotopic (exact) mass is 325 g/mol. The summed E-state index contributed by atoms with van der Waals surface area (Å²) in [6, 6.07) is 17.1. The molecule has 5 heteroatoms. The minimum Gasteiger partial charge on any atom is -0.234 e. The first-order chi connectivity index (χ1) is 10.7. The molecular formula is C17H9Cl2N3. The molecule has 0 atom stereocenters. The van der Waals surface area contributed by atoms with E-state index in [-0.39, 0.29) is 0 Å². The Labute approximate surface area is 136 Å². The largest absolute Gasteiger partial charge is 0.234 e. The van der Waals surface area contributed by atoms with Crippen LogP contribution < -0.4 is 0 Å². The lowest BCUT2D eigenvalue weighted by Gasteiger charge is -2.06. The first kappa shape index (κ1) is 13.4. The van der Waals surface area contributed by atoms with Crippen molar-refractivity contribution in [2.75, 3.05) is 0 Å². The van der Waals surface area contributed by atoms with Crippen molar-refractivity contribution in [2.45, 2.75) is 0 Å². The van der Waals surface area contributed by atoms with Gasteiger partial charge in [-0.25, -0.2) is 4.98 Å².